The molecule has 1 fully saturated rings. The van der Waals surface area contributed by atoms with Gasteiger partial charge < -0.3 is 14.5 Å². The molecule has 0 spiro atoms. The van der Waals surface area contributed by atoms with Crippen molar-refractivity contribution in [3.63, 3.8) is 0 Å². The van der Waals surface area contributed by atoms with Gasteiger partial charge in [0.05, 0.1) is 5.69 Å². The molecule has 1 saturated heterocycles. The van der Waals surface area contributed by atoms with Gasteiger partial charge in [0.15, 0.2) is 5.76 Å². The highest BCUT2D eigenvalue weighted by atomic mass is 32.1. The van der Waals surface area contributed by atoms with Gasteiger partial charge in [-0.1, -0.05) is 23.4 Å². The zero-order chi connectivity index (χ0) is 19.3. The topological polar surface area (TPSA) is 92.3 Å². The van der Waals surface area contributed by atoms with E-state index in [0.717, 1.165) is 27.0 Å². The molecule has 1 N–H and O–H groups in total. The third-order valence-corrected chi connectivity index (χ3v) is 5.94. The van der Waals surface area contributed by atoms with Crippen molar-refractivity contribution in [3.8, 4) is 22.5 Å². The van der Waals surface area contributed by atoms with Crippen LogP contribution in [-0.4, -0.2) is 44.6 Å². The summed E-state index contributed by atoms with van der Waals surface area (Å²) in [6.07, 6.45) is 1.85. The van der Waals surface area contributed by atoms with E-state index >= 15 is 0 Å². The van der Waals surface area contributed by atoms with Crippen LogP contribution in [0.25, 0.3) is 32.7 Å². The molecule has 140 valence electrons. The largest absolute Gasteiger partial charge is 0.373 e. The minimum Gasteiger partial charge on any atom is -0.373 e. The first-order chi connectivity index (χ1) is 13.6. The number of aliphatic hydroxyl groups is 1. The fraction of sp³-hybridized carbons (Fsp3) is 0.200. The van der Waals surface area contributed by atoms with Crippen molar-refractivity contribution < 1.29 is 14.4 Å². The Kier molecular flexibility index (Phi) is 3.78. The number of thiophene rings is 1. The molecule has 0 aliphatic carbocycles. The number of carbonyl (C=O) groups excluding carboxylic acids is 1. The molecule has 7 nitrogen and oxygen atoms in total. The highest BCUT2D eigenvalue weighted by Gasteiger charge is 2.48. The van der Waals surface area contributed by atoms with Crippen molar-refractivity contribution in [1.29, 1.82) is 0 Å². The molecule has 1 amide bonds. The van der Waals surface area contributed by atoms with Crippen molar-refractivity contribution in [2.75, 3.05) is 13.6 Å². The number of likely N-dealkylation sites (tertiary alicyclic amines) is 1. The van der Waals surface area contributed by atoms with Crippen LogP contribution in [0.3, 0.4) is 0 Å². The third-order valence-electron chi connectivity index (χ3n) is 5.12. The summed E-state index contributed by atoms with van der Waals surface area (Å²) in [5.74, 6) is -0.200. The molecular formula is C20H16N4O3S. The van der Waals surface area contributed by atoms with Crippen molar-refractivity contribution >= 4 is 27.5 Å². The summed E-state index contributed by atoms with van der Waals surface area (Å²) < 4.78 is 5.36. The van der Waals surface area contributed by atoms with E-state index in [1.807, 2.05) is 35.7 Å². The normalized spacial score (nSPS) is 19.6. The van der Waals surface area contributed by atoms with Gasteiger partial charge in [-0.3, -0.25) is 4.79 Å². The Morgan fingerprint density at radius 2 is 2.07 bits per heavy atom. The summed E-state index contributed by atoms with van der Waals surface area (Å²) in [4.78, 5) is 23.4. The standard InChI is InChI=1S/C20H16N4O3S/c1-24-7-6-20(26,19(24)25)16-10-15(23-27-16)12-3-2-4-13(9-12)17-14-5-8-28-18(14)22-11-21-17/h2-5,8-11,26H,6-7H2,1H3/t20-/m1/s1. The average molecular weight is 392 g/mol. The first kappa shape index (κ1) is 17.0. The van der Waals surface area contributed by atoms with Gasteiger partial charge in [-0.05, 0) is 17.5 Å². The number of benzene rings is 1. The lowest BCUT2D eigenvalue weighted by Crippen LogP contribution is -2.35. The lowest BCUT2D eigenvalue weighted by Gasteiger charge is -2.16. The Bertz CT molecular complexity index is 1200. The van der Waals surface area contributed by atoms with Crippen molar-refractivity contribution in [2.45, 2.75) is 12.0 Å². The molecule has 5 rings (SSSR count). The Hall–Kier alpha value is -3.10. The molecule has 1 atom stereocenters. The minimum atomic E-state index is -1.65. The number of nitrogens with zero attached hydrogens (tertiary/aromatic N) is 4. The number of hydrogen-bond donors (Lipinski definition) is 1. The van der Waals surface area contributed by atoms with E-state index in [-0.39, 0.29) is 18.1 Å². The first-order valence-corrected chi connectivity index (χ1v) is 9.68. The van der Waals surface area contributed by atoms with Crippen molar-refractivity contribution in [3.05, 3.63) is 53.9 Å². The van der Waals surface area contributed by atoms with Gasteiger partial charge in [-0.15, -0.1) is 11.3 Å². The van der Waals surface area contributed by atoms with Gasteiger partial charge in [0.2, 0.25) is 5.60 Å². The molecule has 0 bridgehead atoms. The molecule has 1 aromatic carbocycles. The second-order valence-electron chi connectivity index (χ2n) is 6.86. The molecule has 3 aromatic heterocycles. The average Bonchev–Trinajstić information content (AvgIpc) is 3.45. The maximum atomic E-state index is 12.3. The SMILES string of the molecule is CN1CC[C@@](O)(c2cc(-c3cccc(-c4ncnc5sccc45)c3)no2)C1=O. The third kappa shape index (κ3) is 2.53. The van der Waals surface area contributed by atoms with Gasteiger partial charge >= 0.3 is 0 Å². The Labute approximate surface area is 164 Å². The molecule has 0 unspecified atom stereocenters. The fourth-order valence-electron chi connectivity index (χ4n) is 3.53. The highest BCUT2D eigenvalue weighted by molar-refractivity contribution is 7.16. The number of rotatable bonds is 3. The van der Waals surface area contributed by atoms with Crippen LogP contribution in [-0.2, 0) is 10.4 Å². The van der Waals surface area contributed by atoms with Gasteiger partial charge in [0.1, 0.15) is 16.9 Å². The number of hydrogen-bond acceptors (Lipinski definition) is 7. The summed E-state index contributed by atoms with van der Waals surface area (Å²) in [7, 11) is 1.66. The summed E-state index contributed by atoms with van der Waals surface area (Å²) >= 11 is 1.57. The number of fused-ring (bicyclic) bond motifs is 1. The minimum absolute atomic E-state index is 0.171. The van der Waals surface area contributed by atoms with Crippen LogP contribution >= 0.6 is 11.3 Å². The zero-order valence-electron chi connectivity index (χ0n) is 15.0. The van der Waals surface area contributed by atoms with Gasteiger partial charge in [-0.25, -0.2) is 9.97 Å². The molecule has 0 radical (unpaired) electrons. The summed E-state index contributed by atoms with van der Waals surface area (Å²) in [5.41, 5.74) is 1.51. The Balaban J connectivity index is 1.54. The lowest BCUT2D eigenvalue weighted by atomic mass is 9.97. The van der Waals surface area contributed by atoms with Crippen LogP contribution in [0.5, 0.6) is 0 Å². The predicted octanol–water partition coefficient (Wildman–Crippen LogP) is 3.06. The van der Waals surface area contributed by atoms with Crippen molar-refractivity contribution in [2.24, 2.45) is 0 Å². The van der Waals surface area contributed by atoms with E-state index in [1.165, 1.54) is 4.90 Å². The highest BCUT2D eigenvalue weighted by Crippen LogP contribution is 2.36. The molecule has 8 heteroatoms. The van der Waals surface area contributed by atoms with E-state index in [2.05, 4.69) is 15.1 Å². The number of carbonyl (C=O) groups is 1. The van der Waals surface area contributed by atoms with E-state index in [1.54, 1.807) is 30.8 Å². The molecule has 28 heavy (non-hydrogen) atoms. The van der Waals surface area contributed by atoms with Crippen LogP contribution in [0.15, 0.2) is 52.6 Å². The van der Waals surface area contributed by atoms with E-state index in [4.69, 9.17) is 4.52 Å². The van der Waals surface area contributed by atoms with Crippen molar-refractivity contribution in [1.82, 2.24) is 20.0 Å². The molecule has 4 aromatic rings. The number of amides is 1. The summed E-state index contributed by atoms with van der Waals surface area (Å²) in [6, 6.07) is 11.4. The van der Waals surface area contributed by atoms with Crippen LogP contribution in [0.2, 0.25) is 0 Å². The van der Waals surface area contributed by atoms with E-state index in [0.29, 0.717) is 12.2 Å². The quantitative estimate of drug-likeness (QED) is 0.576. The zero-order valence-corrected chi connectivity index (χ0v) is 15.8. The van der Waals surface area contributed by atoms with Crippen LogP contribution in [0.1, 0.15) is 12.2 Å². The number of likely N-dealkylation sites (N-methyl/N-ethyl adjacent to an activating group) is 1. The van der Waals surface area contributed by atoms with Crippen LogP contribution < -0.4 is 0 Å². The summed E-state index contributed by atoms with van der Waals surface area (Å²) in [5, 5.41) is 17.8. The van der Waals surface area contributed by atoms with Gasteiger partial charge in [0, 0.05) is 42.6 Å². The van der Waals surface area contributed by atoms with E-state index < -0.39 is 5.60 Å². The molecule has 1 aliphatic rings. The Morgan fingerprint density at radius 3 is 2.89 bits per heavy atom. The first-order valence-electron chi connectivity index (χ1n) is 8.80. The van der Waals surface area contributed by atoms with Gasteiger partial charge in [-0.2, -0.15) is 0 Å². The van der Waals surface area contributed by atoms with E-state index in [9.17, 15) is 9.90 Å². The maximum absolute atomic E-state index is 12.3. The van der Waals surface area contributed by atoms with Crippen LogP contribution in [0.4, 0.5) is 0 Å². The molecule has 4 heterocycles. The monoisotopic (exact) mass is 392 g/mol. The molecule has 0 saturated carbocycles. The maximum Gasteiger partial charge on any atom is 0.262 e. The fourth-order valence-corrected chi connectivity index (χ4v) is 4.27. The summed E-state index contributed by atoms with van der Waals surface area (Å²) in [6.45, 7) is 0.477. The smallest absolute Gasteiger partial charge is 0.262 e. The Morgan fingerprint density at radius 1 is 1.21 bits per heavy atom. The number of aromatic nitrogens is 3. The van der Waals surface area contributed by atoms with Crippen LogP contribution in [0, 0.1) is 0 Å². The van der Waals surface area contributed by atoms with Gasteiger partial charge in [0.25, 0.3) is 5.91 Å². The second-order valence-corrected chi connectivity index (χ2v) is 7.75. The predicted molar refractivity (Wildman–Crippen MR) is 104 cm³/mol. The second kappa shape index (κ2) is 6.22. The molecule has 1 aliphatic heterocycles. The lowest BCUT2D eigenvalue weighted by molar-refractivity contribution is -0.144. The molecular weight excluding hydrogens is 376 g/mol.